The number of hydrogen-bond donors (Lipinski definition) is 0. The summed E-state index contributed by atoms with van der Waals surface area (Å²) in [5, 5.41) is 2.09. The lowest BCUT2D eigenvalue weighted by Gasteiger charge is -2.34. The van der Waals surface area contributed by atoms with Crippen LogP contribution in [0.1, 0.15) is 25.1 Å². The van der Waals surface area contributed by atoms with E-state index in [9.17, 15) is 4.79 Å². The van der Waals surface area contributed by atoms with Gasteiger partial charge in [-0.1, -0.05) is 26.3 Å². The molecule has 0 saturated carbocycles. The van der Waals surface area contributed by atoms with Crippen LogP contribution in [0.5, 0.6) is 0 Å². The van der Waals surface area contributed by atoms with Crippen LogP contribution in [0.3, 0.4) is 0 Å². The zero-order valence-corrected chi connectivity index (χ0v) is 15.1. The molecule has 128 valence electrons. The molecule has 23 heavy (non-hydrogen) atoms. The molecule has 3 heterocycles. The maximum Gasteiger partial charge on any atom is 0.225 e. The number of carbonyl (C=O) groups excluding carboxylic acids is 1. The van der Waals surface area contributed by atoms with Crippen molar-refractivity contribution in [3.05, 3.63) is 22.4 Å². The summed E-state index contributed by atoms with van der Waals surface area (Å²) in [5.74, 6) is 1.01. The molecule has 2 saturated heterocycles. The first kappa shape index (κ1) is 16.9. The fourth-order valence-electron chi connectivity index (χ4n) is 3.89. The number of morpholine rings is 1. The Kier molecular flexibility index (Phi) is 5.72. The van der Waals surface area contributed by atoms with Crippen LogP contribution in [0.2, 0.25) is 0 Å². The van der Waals surface area contributed by atoms with E-state index in [2.05, 4.69) is 41.2 Å². The van der Waals surface area contributed by atoms with Gasteiger partial charge >= 0.3 is 0 Å². The lowest BCUT2D eigenvalue weighted by Crippen LogP contribution is -2.47. The van der Waals surface area contributed by atoms with Gasteiger partial charge in [-0.05, 0) is 23.8 Å². The molecule has 0 radical (unpaired) electrons. The Balaban J connectivity index is 1.60. The monoisotopic (exact) mass is 336 g/mol. The van der Waals surface area contributed by atoms with Crippen molar-refractivity contribution in [2.24, 2.45) is 11.8 Å². The molecular weight excluding hydrogens is 308 g/mol. The molecule has 0 aliphatic carbocycles. The van der Waals surface area contributed by atoms with Gasteiger partial charge in [0.05, 0.1) is 13.2 Å². The van der Waals surface area contributed by atoms with Crippen LogP contribution >= 0.6 is 11.3 Å². The second-order valence-corrected chi connectivity index (χ2v) is 7.84. The Morgan fingerprint density at radius 3 is 2.83 bits per heavy atom. The first-order valence-corrected chi connectivity index (χ1v) is 9.70. The number of carbonyl (C=O) groups is 1. The van der Waals surface area contributed by atoms with Gasteiger partial charge in [0.25, 0.3) is 0 Å². The van der Waals surface area contributed by atoms with E-state index in [1.54, 1.807) is 11.3 Å². The molecule has 2 aliphatic heterocycles. The van der Waals surface area contributed by atoms with Crippen molar-refractivity contribution in [2.75, 3.05) is 39.4 Å². The average Bonchev–Trinajstić information content (AvgIpc) is 3.24. The van der Waals surface area contributed by atoms with Crippen molar-refractivity contribution in [2.45, 2.75) is 32.7 Å². The molecule has 0 unspecified atom stereocenters. The molecule has 1 aromatic heterocycles. The van der Waals surface area contributed by atoms with Crippen LogP contribution in [0, 0.1) is 11.8 Å². The van der Waals surface area contributed by atoms with Gasteiger partial charge in [0.2, 0.25) is 5.91 Å². The van der Waals surface area contributed by atoms with Crippen molar-refractivity contribution in [3.63, 3.8) is 0 Å². The minimum atomic E-state index is 0.0783. The first-order chi connectivity index (χ1) is 11.2. The molecule has 2 fully saturated rings. The number of amides is 1. The van der Waals surface area contributed by atoms with Crippen molar-refractivity contribution < 1.29 is 9.53 Å². The number of thiophene rings is 1. The lowest BCUT2D eigenvalue weighted by atomic mass is 9.99. The zero-order chi connectivity index (χ0) is 16.2. The minimum absolute atomic E-state index is 0.0783. The summed E-state index contributed by atoms with van der Waals surface area (Å²) in [7, 11) is 0. The largest absolute Gasteiger partial charge is 0.379 e. The molecule has 5 heteroatoms. The van der Waals surface area contributed by atoms with E-state index >= 15 is 0 Å². The highest BCUT2D eigenvalue weighted by Crippen LogP contribution is 2.27. The van der Waals surface area contributed by atoms with E-state index in [4.69, 9.17) is 4.74 Å². The summed E-state index contributed by atoms with van der Waals surface area (Å²) in [6.45, 7) is 9.82. The Labute approximate surface area is 143 Å². The van der Waals surface area contributed by atoms with Crippen LogP contribution in [-0.4, -0.2) is 61.1 Å². The number of ether oxygens (including phenoxy) is 1. The molecule has 0 N–H and O–H groups in total. The van der Waals surface area contributed by atoms with Gasteiger partial charge in [0.15, 0.2) is 0 Å². The maximum atomic E-state index is 12.8. The number of likely N-dealkylation sites (tertiary alicyclic amines) is 1. The predicted octanol–water partition coefficient (Wildman–Crippen LogP) is 2.50. The Hall–Kier alpha value is -0.910. The number of nitrogens with zero attached hydrogens (tertiary/aromatic N) is 2. The summed E-state index contributed by atoms with van der Waals surface area (Å²) < 4.78 is 5.48. The van der Waals surface area contributed by atoms with Crippen LogP contribution in [-0.2, 0) is 16.0 Å². The third kappa shape index (κ3) is 3.95. The van der Waals surface area contributed by atoms with Crippen molar-refractivity contribution in [1.29, 1.82) is 0 Å². The smallest absolute Gasteiger partial charge is 0.225 e. The molecule has 3 atom stereocenters. The molecular formula is C18H28N2O2S. The van der Waals surface area contributed by atoms with Gasteiger partial charge in [0, 0.05) is 43.0 Å². The van der Waals surface area contributed by atoms with Crippen molar-refractivity contribution in [1.82, 2.24) is 9.80 Å². The third-order valence-electron chi connectivity index (χ3n) is 5.27. The maximum absolute atomic E-state index is 12.8. The second kappa shape index (κ2) is 7.77. The third-order valence-corrected chi connectivity index (χ3v) is 6.16. The highest BCUT2D eigenvalue weighted by Gasteiger charge is 2.38. The highest BCUT2D eigenvalue weighted by molar-refractivity contribution is 7.09. The van der Waals surface area contributed by atoms with Gasteiger partial charge in [-0.2, -0.15) is 0 Å². The molecule has 2 aliphatic rings. The molecule has 4 nitrogen and oxygen atoms in total. The summed E-state index contributed by atoms with van der Waals surface area (Å²) in [5.41, 5.74) is 0. The molecule has 1 amide bonds. The summed E-state index contributed by atoms with van der Waals surface area (Å²) >= 11 is 1.75. The molecule has 1 aromatic rings. The van der Waals surface area contributed by atoms with Crippen molar-refractivity contribution >= 4 is 17.2 Å². The van der Waals surface area contributed by atoms with Gasteiger partial charge in [-0.25, -0.2) is 0 Å². The second-order valence-electron chi connectivity index (χ2n) is 6.81. The lowest BCUT2D eigenvalue weighted by molar-refractivity contribution is -0.134. The topological polar surface area (TPSA) is 32.8 Å². The highest BCUT2D eigenvalue weighted by atomic mass is 32.1. The quantitative estimate of drug-likeness (QED) is 0.828. The summed E-state index contributed by atoms with van der Waals surface area (Å²) in [6.07, 6.45) is 2.01. The van der Waals surface area contributed by atoms with Gasteiger partial charge < -0.3 is 9.64 Å². The minimum Gasteiger partial charge on any atom is -0.379 e. The van der Waals surface area contributed by atoms with Gasteiger partial charge in [0.1, 0.15) is 0 Å². The SMILES string of the molecule is CC[C@@H]1CN(C(=O)[C@H](C)Cc2cccs2)C[C@@H]1N1CCOCC1. The van der Waals surface area contributed by atoms with E-state index in [1.807, 2.05) is 0 Å². The molecule has 0 aromatic carbocycles. The van der Waals surface area contributed by atoms with E-state index in [0.29, 0.717) is 17.9 Å². The number of rotatable bonds is 5. The van der Waals surface area contributed by atoms with Crippen LogP contribution in [0.4, 0.5) is 0 Å². The van der Waals surface area contributed by atoms with E-state index in [0.717, 1.165) is 52.2 Å². The average molecular weight is 337 g/mol. The summed E-state index contributed by atoms with van der Waals surface area (Å²) in [4.78, 5) is 18.8. The van der Waals surface area contributed by atoms with Crippen molar-refractivity contribution in [3.8, 4) is 0 Å². The molecule has 0 bridgehead atoms. The van der Waals surface area contributed by atoms with E-state index in [1.165, 1.54) is 4.88 Å². The number of hydrogen-bond acceptors (Lipinski definition) is 4. The van der Waals surface area contributed by atoms with Crippen LogP contribution in [0.15, 0.2) is 17.5 Å². The molecule has 0 spiro atoms. The first-order valence-electron chi connectivity index (χ1n) is 8.82. The van der Waals surface area contributed by atoms with Crippen LogP contribution < -0.4 is 0 Å². The normalized spacial score (nSPS) is 27.3. The van der Waals surface area contributed by atoms with E-state index < -0.39 is 0 Å². The Morgan fingerprint density at radius 1 is 1.39 bits per heavy atom. The summed E-state index contributed by atoms with van der Waals surface area (Å²) in [6, 6.07) is 4.71. The van der Waals surface area contributed by atoms with Gasteiger partial charge in [-0.3, -0.25) is 9.69 Å². The fraction of sp³-hybridized carbons (Fsp3) is 0.722. The zero-order valence-electron chi connectivity index (χ0n) is 14.2. The fourth-order valence-corrected chi connectivity index (χ4v) is 4.72. The predicted molar refractivity (Wildman–Crippen MR) is 93.7 cm³/mol. The standard InChI is InChI=1S/C18H28N2O2S/c1-3-15-12-20(13-17(15)19-6-8-22-9-7-19)18(21)14(2)11-16-5-4-10-23-16/h4-5,10,14-15,17H,3,6-9,11-13H2,1-2H3/t14-,15-,17+/m1/s1. The van der Waals surface area contributed by atoms with E-state index in [-0.39, 0.29) is 5.92 Å². The molecule has 3 rings (SSSR count). The van der Waals surface area contributed by atoms with Gasteiger partial charge in [-0.15, -0.1) is 11.3 Å². The Morgan fingerprint density at radius 2 is 2.17 bits per heavy atom. The Bertz CT molecular complexity index is 499. The van der Waals surface area contributed by atoms with Crippen LogP contribution in [0.25, 0.3) is 0 Å².